The standard InChI is InChI=1S/C15H22N2O2/c1-10(2)17(9-11-4-5-11)14-8-12(15(18)19-3)6-7-13(14)16/h6-8,10-11H,4-5,9,16H2,1-3H3. The van der Waals surface area contributed by atoms with Crippen LogP contribution in [0.25, 0.3) is 0 Å². The van der Waals surface area contributed by atoms with Gasteiger partial charge in [0.15, 0.2) is 0 Å². The number of nitrogen functional groups attached to an aromatic ring is 1. The van der Waals surface area contributed by atoms with E-state index < -0.39 is 0 Å². The van der Waals surface area contributed by atoms with Crippen molar-refractivity contribution in [1.29, 1.82) is 0 Å². The Morgan fingerprint density at radius 3 is 2.68 bits per heavy atom. The predicted molar refractivity (Wildman–Crippen MR) is 77.4 cm³/mol. The summed E-state index contributed by atoms with van der Waals surface area (Å²) < 4.78 is 4.77. The zero-order valence-corrected chi connectivity index (χ0v) is 11.8. The highest BCUT2D eigenvalue weighted by atomic mass is 16.5. The largest absolute Gasteiger partial charge is 0.465 e. The summed E-state index contributed by atoms with van der Waals surface area (Å²) in [5.74, 6) is 0.444. The van der Waals surface area contributed by atoms with E-state index in [-0.39, 0.29) is 5.97 Å². The lowest BCUT2D eigenvalue weighted by atomic mass is 10.1. The van der Waals surface area contributed by atoms with E-state index in [1.807, 2.05) is 6.07 Å². The average molecular weight is 262 g/mol. The molecule has 0 spiro atoms. The van der Waals surface area contributed by atoms with Crippen LogP contribution in [0.15, 0.2) is 18.2 Å². The Kier molecular flexibility index (Phi) is 3.98. The van der Waals surface area contributed by atoms with Gasteiger partial charge < -0.3 is 15.4 Å². The number of benzene rings is 1. The SMILES string of the molecule is COC(=O)c1ccc(N)c(N(CC2CC2)C(C)C)c1. The van der Waals surface area contributed by atoms with Crippen molar-refractivity contribution < 1.29 is 9.53 Å². The van der Waals surface area contributed by atoms with Crippen LogP contribution in [0, 0.1) is 5.92 Å². The molecule has 0 aliphatic heterocycles. The number of hydrogen-bond donors (Lipinski definition) is 1. The van der Waals surface area contributed by atoms with Gasteiger partial charge in [-0.2, -0.15) is 0 Å². The molecule has 0 amide bonds. The summed E-state index contributed by atoms with van der Waals surface area (Å²) in [4.78, 5) is 13.9. The van der Waals surface area contributed by atoms with E-state index in [1.165, 1.54) is 20.0 Å². The minimum atomic E-state index is -0.323. The van der Waals surface area contributed by atoms with E-state index in [4.69, 9.17) is 10.5 Å². The van der Waals surface area contributed by atoms with Crippen molar-refractivity contribution in [2.75, 3.05) is 24.3 Å². The molecule has 1 aromatic rings. The first-order chi connectivity index (χ1) is 9.02. The number of anilines is 2. The maximum absolute atomic E-state index is 11.6. The number of nitrogens with zero attached hydrogens (tertiary/aromatic N) is 1. The first-order valence-corrected chi connectivity index (χ1v) is 6.77. The third-order valence-corrected chi connectivity index (χ3v) is 3.54. The third-order valence-electron chi connectivity index (χ3n) is 3.54. The normalized spacial score (nSPS) is 14.5. The predicted octanol–water partition coefficient (Wildman–Crippen LogP) is 2.68. The van der Waals surface area contributed by atoms with Crippen LogP contribution in [0.4, 0.5) is 11.4 Å². The zero-order valence-electron chi connectivity index (χ0n) is 11.8. The lowest BCUT2D eigenvalue weighted by Crippen LogP contribution is -2.33. The van der Waals surface area contributed by atoms with Gasteiger partial charge in [-0.25, -0.2) is 4.79 Å². The Hall–Kier alpha value is -1.71. The molecule has 2 N–H and O–H groups in total. The molecule has 1 fully saturated rings. The van der Waals surface area contributed by atoms with Crippen LogP contribution in [0.1, 0.15) is 37.0 Å². The molecule has 0 unspecified atom stereocenters. The molecule has 0 aromatic heterocycles. The molecular formula is C15H22N2O2. The van der Waals surface area contributed by atoms with Gasteiger partial charge in [-0.15, -0.1) is 0 Å². The molecule has 1 aliphatic rings. The molecule has 1 aromatic carbocycles. The lowest BCUT2D eigenvalue weighted by molar-refractivity contribution is 0.0601. The summed E-state index contributed by atoms with van der Waals surface area (Å²) in [5, 5.41) is 0. The van der Waals surface area contributed by atoms with Crippen molar-refractivity contribution in [1.82, 2.24) is 0 Å². The monoisotopic (exact) mass is 262 g/mol. The molecule has 0 atom stereocenters. The Morgan fingerprint density at radius 1 is 1.47 bits per heavy atom. The van der Waals surface area contributed by atoms with Gasteiger partial charge in [0.25, 0.3) is 0 Å². The smallest absolute Gasteiger partial charge is 0.337 e. The van der Waals surface area contributed by atoms with Gasteiger partial charge in [0.05, 0.1) is 24.0 Å². The van der Waals surface area contributed by atoms with E-state index in [9.17, 15) is 4.79 Å². The van der Waals surface area contributed by atoms with Crippen LogP contribution >= 0.6 is 0 Å². The fourth-order valence-electron chi connectivity index (χ4n) is 2.20. The Bertz CT molecular complexity index is 467. The molecule has 2 rings (SSSR count). The number of ether oxygens (including phenoxy) is 1. The van der Waals surface area contributed by atoms with Crippen molar-refractivity contribution in [3.05, 3.63) is 23.8 Å². The number of methoxy groups -OCH3 is 1. The quantitative estimate of drug-likeness (QED) is 0.654. The average Bonchev–Trinajstić information content (AvgIpc) is 3.19. The summed E-state index contributed by atoms with van der Waals surface area (Å²) in [6, 6.07) is 5.68. The zero-order chi connectivity index (χ0) is 14.0. The van der Waals surface area contributed by atoms with Crippen molar-refractivity contribution in [3.8, 4) is 0 Å². The van der Waals surface area contributed by atoms with E-state index in [2.05, 4.69) is 18.7 Å². The fraction of sp³-hybridized carbons (Fsp3) is 0.533. The van der Waals surface area contributed by atoms with Gasteiger partial charge in [0.2, 0.25) is 0 Å². The van der Waals surface area contributed by atoms with Gasteiger partial charge in [0, 0.05) is 12.6 Å². The van der Waals surface area contributed by atoms with Gasteiger partial charge in [0.1, 0.15) is 0 Å². The first-order valence-electron chi connectivity index (χ1n) is 6.77. The van der Waals surface area contributed by atoms with Crippen molar-refractivity contribution >= 4 is 17.3 Å². The highest BCUT2D eigenvalue weighted by Crippen LogP contribution is 2.34. The molecule has 1 aliphatic carbocycles. The molecule has 104 valence electrons. The summed E-state index contributed by atoms with van der Waals surface area (Å²) in [7, 11) is 1.39. The molecule has 1 saturated carbocycles. The van der Waals surface area contributed by atoms with Crippen LogP contribution in [0.2, 0.25) is 0 Å². The lowest BCUT2D eigenvalue weighted by Gasteiger charge is -2.30. The molecule has 0 radical (unpaired) electrons. The topological polar surface area (TPSA) is 55.6 Å². The van der Waals surface area contributed by atoms with Gasteiger partial charge >= 0.3 is 5.97 Å². The molecule has 0 heterocycles. The number of rotatable bonds is 5. The fourth-order valence-corrected chi connectivity index (χ4v) is 2.20. The number of hydrogen-bond acceptors (Lipinski definition) is 4. The second-order valence-corrected chi connectivity index (χ2v) is 5.45. The number of esters is 1. The second-order valence-electron chi connectivity index (χ2n) is 5.45. The maximum Gasteiger partial charge on any atom is 0.337 e. The highest BCUT2D eigenvalue weighted by Gasteiger charge is 2.26. The van der Waals surface area contributed by atoms with Crippen LogP contribution < -0.4 is 10.6 Å². The van der Waals surface area contributed by atoms with Crippen LogP contribution in [0.5, 0.6) is 0 Å². The molecule has 4 heteroatoms. The van der Waals surface area contributed by atoms with Crippen LogP contribution in [-0.2, 0) is 4.74 Å². The number of nitrogens with two attached hydrogens (primary N) is 1. The third kappa shape index (κ3) is 3.19. The minimum Gasteiger partial charge on any atom is -0.465 e. The second kappa shape index (κ2) is 5.51. The summed E-state index contributed by atoms with van der Waals surface area (Å²) >= 11 is 0. The molecule has 0 bridgehead atoms. The van der Waals surface area contributed by atoms with Gasteiger partial charge in [-0.05, 0) is 50.8 Å². The number of carbonyl (C=O) groups is 1. The summed E-state index contributed by atoms with van der Waals surface area (Å²) in [6.45, 7) is 5.30. The molecule has 19 heavy (non-hydrogen) atoms. The van der Waals surface area contributed by atoms with Crippen molar-refractivity contribution in [3.63, 3.8) is 0 Å². The molecular weight excluding hydrogens is 240 g/mol. The highest BCUT2D eigenvalue weighted by molar-refractivity contribution is 5.92. The van der Waals surface area contributed by atoms with Gasteiger partial charge in [-0.3, -0.25) is 0 Å². The Labute approximate surface area is 114 Å². The first kappa shape index (κ1) is 13.7. The van der Waals surface area contributed by atoms with Crippen molar-refractivity contribution in [2.45, 2.75) is 32.7 Å². The number of carbonyl (C=O) groups excluding carboxylic acids is 1. The van der Waals surface area contributed by atoms with E-state index in [0.717, 1.165) is 18.2 Å². The van der Waals surface area contributed by atoms with Crippen LogP contribution in [-0.4, -0.2) is 25.7 Å². The van der Waals surface area contributed by atoms with E-state index in [0.29, 0.717) is 17.3 Å². The van der Waals surface area contributed by atoms with E-state index in [1.54, 1.807) is 12.1 Å². The minimum absolute atomic E-state index is 0.323. The molecule has 4 nitrogen and oxygen atoms in total. The molecule has 0 saturated heterocycles. The Morgan fingerprint density at radius 2 is 2.16 bits per heavy atom. The summed E-state index contributed by atoms with van der Waals surface area (Å²) in [5.41, 5.74) is 8.27. The van der Waals surface area contributed by atoms with Gasteiger partial charge in [-0.1, -0.05) is 0 Å². The summed E-state index contributed by atoms with van der Waals surface area (Å²) in [6.07, 6.45) is 2.58. The Balaban J connectivity index is 2.31. The van der Waals surface area contributed by atoms with Crippen LogP contribution in [0.3, 0.4) is 0 Å². The van der Waals surface area contributed by atoms with E-state index >= 15 is 0 Å². The van der Waals surface area contributed by atoms with Crippen molar-refractivity contribution in [2.24, 2.45) is 5.92 Å². The maximum atomic E-state index is 11.6.